The Balaban J connectivity index is 3.08. The Hall–Kier alpha value is -2.42. The summed E-state index contributed by atoms with van der Waals surface area (Å²) in [7, 11) is 3.00. The quantitative estimate of drug-likeness (QED) is 0.456. The van der Waals surface area contributed by atoms with Crippen LogP contribution in [0.2, 0.25) is 0 Å². The monoisotopic (exact) mass is 354 g/mol. The second-order valence-corrected chi connectivity index (χ2v) is 6.51. The Labute approximate surface area is 146 Å². The minimum Gasteiger partial charge on any atom is -0.384 e. The van der Waals surface area contributed by atoms with Crippen LogP contribution in [-0.2, 0) is 18.4 Å². The van der Waals surface area contributed by atoms with Crippen molar-refractivity contribution in [3.8, 4) is 0 Å². The third-order valence-corrected chi connectivity index (χ3v) is 3.68. The molecule has 1 rings (SSSR count). The van der Waals surface area contributed by atoms with E-state index in [-0.39, 0.29) is 36.4 Å². The highest BCUT2D eigenvalue weighted by molar-refractivity contribution is 6.00. The normalized spacial score (nSPS) is 12.2. The summed E-state index contributed by atoms with van der Waals surface area (Å²) >= 11 is 0. The molecular weight excluding hydrogens is 326 g/mol. The number of hydrogen-bond acceptors (Lipinski definition) is 5. The first-order chi connectivity index (χ1) is 11.6. The average Bonchev–Trinajstić information content (AvgIpc) is 2.48. The first kappa shape index (κ1) is 20.6. The van der Waals surface area contributed by atoms with Crippen LogP contribution in [0.25, 0.3) is 0 Å². The van der Waals surface area contributed by atoms with Crippen LogP contribution in [0.1, 0.15) is 37.6 Å². The number of nitrogen functional groups attached to an aromatic ring is 1. The summed E-state index contributed by atoms with van der Waals surface area (Å²) in [4.78, 5) is 49.4. The molecule has 1 atom stereocenters. The second-order valence-electron chi connectivity index (χ2n) is 6.51. The van der Waals surface area contributed by atoms with E-state index in [1.54, 1.807) is 7.05 Å². The van der Waals surface area contributed by atoms with Crippen molar-refractivity contribution in [3.63, 3.8) is 0 Å². The average molecular weight is 354 g/mol. The van der Waals surface area contributed by atoms with Gasteiger partial charge in [0.2, 0.25) is 5.78 Å². The third-order valence-electron chi connectivity index (χ3n) is 3.68. The van der Waals surface area contributed by atoms with Crippen molar-refractivity contribution in [3.05, 3.63) is 26.4 Å². The molecule has 0 bridgehead atoms. The predicted molar refractivity (Wildman–Crippen MR) is 94.9 cm³/mol. The van der Waals surface area contributed by atoms with E-state index < -0.39 is 17.0 Å². The van der Waals surface area contributed by atoms with Crippen molar-refractivity contribution in [2.75, 3.05) is 25.9 Å². The maximum absolute atomic E-state index is 12.6. The van der Waals surface area contributed by atoms with Gasteiger partial charge in [-0.25, -0.2) is 4.79 Å². The van der Waals surface area contributed by atoms with E-state index in [0.29, 0.717) is 17.9 Å². The Morgan fingerprint density at radius 2 is 1.84 bits per heavy atom. The van der Waals surface area contributed by atoms with Gasteiger partial charge in [-0.2, -0.15) is 0 Å². The lowest BCUT2D eigenvalue weighted by molar-refractivity contribution is -0.862. The Kier molecular flexibility index (Phi) is 7.10. The summed E-state index contributed by atoms with van der Waals surface area (Å²) in [6, 6.07) is 0.0107. The van der Waals surface area contributed by atoms with Gasteiger partial charge < -0.3 is 16.0 Å². The number of anilines is 1. The van der Waals surface area contributed by atoms with Crippen LogP contribution in [0.15, 0.2) is 9.59 Å². The summed E-state index contributed by atoms with van der Waals surface area (Å²) in [5, 5.41) is 2.74. The molecule has 1 heterocycles. The highest BCUT2D eigenvalue weighted by Crippen LogP contribution is 2.05. The fourth-order valence-electron chi connectivity index (χ4n) is 2.56. The molecule has 0 saturated carbocycles. The lowest BCUT2D eigenvalue weighted by Crippen LogP contribution is -3.11. The van der Waals surface area contributed by atoms with Crippen molar-refractivity contribution in [2.24, 2.45) is 7.05 Å². The molecule has 0 spiro atoms. The summed E-state index contributed by atoms with van der Waals surface area (Å²) in [6.07, 6.45) is 0.635. The van der Waals surface area contributed by atoms with Gasteiger partial charge in [0.15, 0.2) is 6.54 Å². The fourth-order valence-corrected chi connectivity index (χ4v) is 2.56. The van der Waals surface area contributed by atoms with Gasteiger partial charge in [-0.05, 0) is 20.3 Å². The molecule has 1 unspecified atom stereocenters. The van der Waals surface area contributed by atoms with E-state index in [1.165, 1.54) is 11.6 Å². The number of Topliss-reactive ketones (excluding diaryl/α,β-unsaturated/α-hetero) is 1. The number of nitrogens with zero attached hydrogens (tertiary/aromatic N) is 2. The van der Waals surface area contributed by atoms with Crippen molar-refractivity contribution in [2.45, 2.75) is 39.8 Å². The molecule has 0 saturated heterocycles. The van der Waals surface area contributed by atoms with Gasteiger partial charge >= 0.3 is 5.69 Å². The van der Waals surface area contributed by atoms with Gasteiger partial charge in [-0.3, -0.25) is 23.5 Å². The molecule has 9 nitrogen and oxygen atoms in total. The molecule has 0 aliphatic rings. The maximum Gasteiger partial charge on any atom is 0.332 e. The van der Waals surface area contributed by atoms with Crippen LogP contribution in [0.5, 0.6) is 0 Å². The molecule has 4 N–H and O–H groups in total. The van der Waals surface area contributed by atoms with Crippen molar-refractivity contribution in [1.29, 1.82) is 0 Å². The minimum atomic E-state index is -0.709. The topological polar surface area (TPSA) is 121 Å². The molecule has 0 radical (unpaired) electrons. The van der Waals surface area contributed by atoms with Crippen LogP contribution in [0, 0.1) is 0 Å². The van der Waals surface area contributed by atoms with Crippen LogP contribution in [-0.4, -0.2) is 47.0 Å². The summed E-state index contributed by atoms with van der Waals surface area (Å²) in [5.74, 6) is -0.783. The Morgan fingerprint density at radius 3 is 2.36 bits per heavy atom. The van der Waals surface area contributed by atoms with Gasteiger partial charge in [-0.15, -0.1) is 0 Å². The van der Waals surface area contributed by atoms with E-state index in [2.05, 4.69) is 5.32 Å². The molecule has 1 aromatic rings. The Bertz CT molecular complexity index is 763. The van der Waals surface area contributed by atoms with Crippen LogP contribution >= 0.6 is 0 Å². The first-order valence-electron chi connectivity index (χ1n) is 8.33. The van der Waals surface area contributed by atoms with Crippen LogP contribution in [0.4, 0.5) is 5.82 Å². The maximum atomic E-state index is 12.6. The van der Waals surface area contributed by atoms with E-state index in [9.17, 15) is 19.2 Å². The van der Waals surface area contributed by atoms with Gasteiger partial charge in [0.05, 0.1) is 7.05 Å². The molecule has 0 aliphatic heterocycles. The highest BCUT2D eigenvalue weighted by Gasteiger charge is 2.24. The number of likely N-dealkylation sites (N-methyl/N-ethyl adjacent to an activating group) is 1. The van der Waals surface area contributed by atoms with E-state index in [0.717, 1.165) is 4.57 Å². The van der Waals surface area contributed by atoms with Crippen LogP contribution < -0.4 is 27.2 Å². The number of carbonyl (C=O) groups excluding carboxylic acids is 2. The fraction of sp³-hybridized carbons (Fsp3) is 0.625. The standard InChI is InChI=1S/C16H27N5O4/c1-6-7-21-14(17)13(15(24)20(5)16(21)25)11(22)8-19(4)9-12(23)18-10(2)3/h10H,6-9,17H2,1-5H3,(H,18,23)/p+1. The number of nitrogens with one attached hydrogen (secondary N) is 2. The van der Waals surface area contributed by atoms with Gasteiger partial charge in [0, 0.05) is 19.6 Å². The molecule has 140 valence electrons. The lowest BCUT2D eigenvalue weighted by atomic mass is 10.1. The largest absolute Gasteiger partial charge is 0.384 e. The number of rotatable bonds is 8. The zero-order chi connectivity index (χ0) is 19.3. The number of aromatic nitrogens is 2. The molecular formula is C16H28N5O4+. The highest BCUT2D eigenvalue weighted by atomic mass is 16.2. The Morgan fingerprint density at radius 1 is 1.24 bits per heavy atom. The molecule has 9 heteroatoms. The molecule has 1 amide bonds. The molecule has 0 fully saturated rings. The zero-order valence-electron chi connectivity index (χ0n) is 15.5. The molecule has 1 aromatic heterocycles. The summed E-state index contributed by atoms with van der Waals surface area (Å²) in [5.41, 5.74) is 4.48. The van der Waals surface area contributed by atoms with Gasteiger partial charge in [-0.1, -0.05) is 6.92 Å². The number of quaternary nitrogens is 1. The van der Waals surface area contributed by atoms with E-state index in [1.807, 2.05) is 20.8 Å². The summed E-state index contributed by atoms with van der Waals surface area (Å²) < 4.78 is 2.12. The number of amides is 1. The van der Waals surface area contributed by atoms with E-state index >= 15 is 0 Å². The second kappa shape index (κ2) is 8.61. The van der Waals surface area contributed by atoms with E-state index in [4.69, 9.17) is 5.73 Å². The van der Waals surface area contributed by atoms with Crippen molar-refractivity contribution < 1.29 is 14.5 Å². The number of ketones is 1. The molecule has 0 aromatic carbocycles. The van der Waals surface area contributed by atoms with Gasteiger partial charge in [0.25, 0.3) is 11.5 Å². The summed E-state index contributed by atoms with van der Waals surface area (Å²) in [6.45, 7) is 5.90. The number of carbonyl (C=O) groups is 2. The number of nitrogens with two attached hydrogens (primary N) is 1. The predicted octanol–water partition coefficient (Wildman–Crippen LogP) is -2.24. The van der Waals surface area contributed by atoms with Gasteiger partial charge in [0.1, 0.15) is 17.9 Å². The zero-order valence-corrected chi connectivity index (χ0v) is 15.5. The SMILES string of the molecule is CCCn1c(N)c(C(=O)C[NH+](C)CC(=O)NC(C)C)c(=O)n(C)c1=O. The van der Waals surface area contributed by atoms with Crippen LogP contribution in [0.3, 0.4) is 0 Å². The van der Waals surface area contributed by atoms with Crippen molar-refractivity contribution >= 4 is 17.5 Å². The molecule has 0 aliphatic carbocycles. The number of hydrogen-bond donors (Lipinski definition) is 3. The minimum absolute atomic E-state index is 0.0107. The lowest BCUT2D eigenvalue weighted by Gasteiger charge is -2.16. The third kappa shape index (κ3) is 5.02. The molecule has 25 heavy (non-hydrogen) atoms. The smallest absolute Gasteiger partial charge is 0.332 e. The first-order valence-corrected chi connectivity index (χ1v) is 8.33. The van der Waals surface area contributed by atoms with Crippen molar-refractivity contribution in [1.82, 2.24) is 14.5 Å².